The predicted molar refractivity (Wildman–Crippen MR) is 90.2 cm³/mol. The van der Waals surface area contributed by atoms with Gasteiger partial charge in [0.2, 0.25) is 17.5 Å². The van der Waals surface area contributed by atoms with E-state index in [-0.39, 0.29) is 0 Å². The number of halogens is 1. The third-order valence-electron chi connectivity index (χ3n) is 6.34. The standard InChI is InChI=1S/C18H20ClNO4/c1-16(2)17(3)7-8-18(16,14(22)13(17)21)15(23)20-11-9-10(19)5-6-12(11)24-4/h5-6,9H,7-8H2,1-4H3,(H,20,23)/t17-,18-/m0/s1. The average Bonchev–Trinajstić information content (AvgIpc) is 2.79. The second-order valence-electron chi connectivity index (χ2n) is 7.32. The number of carbonyl (C=O) groups is 3. The first-order chi connectivity index (χ1) is 11.1. The zero-order valence-corrected chi connectivity index (χ0v) is 14.9. The van der Waals surface area contributed by atoms with Gasteiger partial charge in [0.1, 0.15) is 11.2 Å². The Bertz CT molecular complexity index is 772. The lowest BCUT2D eigenvalue weighted by Crippen LogP contribution is -2.47. The van der Waals surface area contributed by atoms with E-state index in [0.29, 0.717) is 29.3 Å². The van der Waals surface area contributed by atoms with Crippen LogP contribution in [0.15, 0.2) is 18.2 Å². The van der Waals surface area contributed by atoms with Crippen LogP contribution in [-0.2, 0) is 14.4 Å². The summed E-state index contributed by atoms with van der Waals surface area (Å²) in [6, 6.07) is 4.85. The van der Waals surface area contributed by atoms with E-state index < -0.39 is 33.7 Å². The van der Waals surface area contributed by atoms with Gasteiger partial charge in [0.05, 0.1) is 12.8 Å². The number of hydrogen-bond donors (Lipinski definition) is 1. The molecule has 2 fully saturated rings. The van der Waals surface area contributed by atoms with Gasteiger partial charge in [-0.25, -0.2) is 0 Å². The first kappa shape index (κ1) is 17.0. The number of benzene rings is 1. The second kappa shape index (κ2) is 5.06. The molecule has 3 rings (SSSR count). The van der Waals surface area contributed by atoms with Crippen LogP contribution >= 0.6 is 11.6 Å². The number of methoxy groups -OCH3 is 1. The van der Waals surface area contributed by atoms with Gasteiger partial charge in [-0.3, -0.25) is 14.4 Å². The van der Waals surface area contributed by atoms with Crippen molar-refractivity contribution in [3.8, 4) is 5.75 Å². The molecule has 0 unspecified atom stereocenters. The van der Waals surface area contributed by atoms with E-state index in [4.69, 9.17) is 16.3 Å². The van der Waals surface area contributed by atoms with E-state index in [1.54, 1.807) is 25.1 Å². The molecule has 0 radical (unpaired) electrons. The lowest BCUT2D eigenvalue weighted by Gasteiger charge is -2.37. The fourth-order valence-corrected chi connectivity index (χ4v) is 4.45. The quantitative estimate of drug-likeness (QED) is 0.671. The molecule has 0 spiro atoms. The van der Waals surface area contributed by atoms with Crippen LogP contribution in [0.1, 0.15) is 33.6 Å². The Hall–Kier alpha value is -1.88. The summed E-state index contributed by atoms with van der Waals surface area (Å²) in [6.07, 6.45) is 0.903. The van der Waals surface area contributed by atoms with Crippen LogP contribution in [0.5, 0.6) is 5.75 Å². The molecule has 0 saturated heterocycles. The minimum absolute atomic E-state index is 0.371. The van der Waals surface area contributed by atoms with E-state index >= 15 is 0 Å². The zero-order valence-electron chi connectivity index (χ0n) is 14.2. The summed E-state index contributed by atoms with van der Waals surface area (Å²) in [4.78, 5) is 38.3. The van der Waals surface area contributed by atoms with Crippen molar-refractivity contribution in [1.29, 1.82) is 0 Å². The molecule has 2 saturated carbocycles. The van der Waals surface area contributed by atoms with E-state index in [1.165, 1.54) is 7.11 Å². The Morgan fingerprint density at radius 3 is 2.38 bits per heavy atom. The monoisotopic (exact) mass is 349 g/mol. The number of fused-ring (bicyclic) bond motifs is 2. The zero-order chi connectivity index (χ0) is 17.9. The van der Waals surface area contributed by atoms with Gasteiger partial charge in [-0.1, -0.05) is 32.4 Å². The molecule has 5 nitrogen and oxygen atoms in total. The largest absolute Gasteiger partial charge is 0.495 e. The first-order valence-electron chi connectivity index (χ1n) is 7.86. The summed E-state index contributed by atoms with van der Waals surface area (Å²) in [6.45, 7) is 5.45. The molecule has 2 atom stereocenters. The van der Waals surface area contributed by atoms with Crippen molar-refractivity contribution in [2.24, 2.45) is 16.2 Å². The smallest absolute Gasteiger partial charge is 0.239 e. The molecule has 1 aromatic rings. The minimum Gasteiger partial charge on any atom is -0.495 e. The number of nitrogens with one attached hydrogen (secondary N) is 1. The molecule has 1 aromatic carbocycles. The van der Waals surface area contributed by atoms with Gasteiger partial charge in [-0.05, 0) is 36.5 Å². The van der Waals surface area contributed by atoms with Gasteiger partial charge in [-0.15, -0.1) is 0 Å². The third-order valence-corrected chi connectivity index (χ3v) is 6.57. The summed E-state index contributed by atoms with van der Waals surface area (Å²) >= 11 is 6.00. The summed E-state index contributed by atoms with van der Waals surface area (Å²) in [5.74, 6) is -1.04. The maximum absolute atomic E-state index is 13.1. The molecule has 24 heavy (non-hydrogen) atoms. The van der Waals surface area contributed by atoms with Gasteiger partial charge in [0, 0.05) is 10.4 Å². The molecule has 0 heterocycles. The normalized spacial score (nSPS) is 30.5. The van der Waals surface area contributed by atoms with Crippen LogP contribution < -0.4 is 10.1 Å². The van der Waals surface area contributed by atoms with Crippen LogP contribution in [0.3, 0.4) is 0 Å². The molecule has 2 aliphatic rings. The highest BCUT2D eigenvalue weighted by atomic mass is 35.5. The molecule has 0 aromatic heterocycles. The van der Waals surface area contributed by atoms with Crippen molar-refractivity contribution in [3.63, 3.8) is 0 Å². The van der Waals surface area contributed by atoms with Gasteiger partial charge in [-0.2, -0.15) is 0 Å². The predicted octanol–water partition coefficient (Wildman–Crippen LogP) is 3.25. The van der Waals surface area contributed by atoms with Crippen LogP contribution in [0.4, 0.5) is 5.69 Å². The highest BCUT2D eigenvalue weighted by Gasteiger charge is 2.77. The molecule has 1 N–H and O–H groups in total. The fraction of sp³-hybridized carbons (Fsp3) is 0.500. The summed E-state index contributed by atoms with van der Waals surface area (Å²) in [5.41, 5.74) is -2.49. The number of anilines is 1. The van der Waals surface area contributed by atoms with Crippen molar-refractivity contribution in [2.75, 3.05) is 12.4 Å². The van der Waals surface area contributed by atoms with Crippen LogP contribution in [-0.4, -0.2) is 24.6 Å². The lowest BCUT2D eigenvalue weighted by atomic mass is 9.64. The average molecular weight is 350 g/mol. The van der Waals surface area contributed by atoms with Crippen molar-refractivity contribution >= 4 is 34.8 Å². The first-order valence-corrected chi connectivity index (χ1v) is 8.24. The lowest BCUT2D eigenvalue weighted by molar-refractivity contribution is -0.147. The Morgan fingerprint density at radius 1 is 1.17 bits per heavy atom. The van der Waals surface area contributed by atoms with Crippen molar-refractivity contribution in [1.82, 2.24) is 0 Å². The molecule has 1 amide bonds. The number of hydrogen-bond acceptors (Lipinski definition) is 4. The van der Waals surface area contributed by atoms with E-state index in [1.807, 2.05) is 13.8 Å². The third kappa shape index (κ3) is 1.79. The number of carbonyl (C=O) groups excluding carboxylic acids is 3. The SMILES string of the molecule is COc1ccc(Cl)cc1NC(=O)[C@]12CC[C@@](C)(C(=O)C1=O)C2(C)C. The van der Waals surface area contributed by atoms with E-state index in [2.05, 4.69) is 5.32 Å². The van der Waals surface area contributed by atoms with Crippen molar-refractivity contribution < 1.29 is 19.1 Å². The molecule has 128 valence electrons. The van der Waals surface area contributed by atoms with Gasteiger partial charge < -0.3 is 10.1 Å². The Kier molecular flexibility index (Phi) is 3.57. The maximum Gasteiger partial charge on any atom is 0.239 e. The molecule has 6 heteroatoms. The number of rotatable bonds is 3. The van der Waals surface area contributed by atoms with Gasteiger partial charge in [0.25, 0.3) is 0 Å². The number of ether oxygens (including phenoxy) is 1. The molecule has 2 bridgehead atoms. The summed E-state index contributed by atoms with van der Waals surface area (Å²) in [7, 11) is 1.48. The number of Topliss-reactive ketones (excluding diaryl/α,β-unsaturated/α-hetero) is 2. The van der Waals surface area contributed by atoms with E-state index in [9.17, 15) is 14.4 Å². The van der Waals surface area contributed by atoms with Crippen LogP contribution in [0.25, 0.3) is 0 Å². The highest BCUT2D eigenvalue weighted by Crippen LogP contribution is 2.69. The van der Waals surface area contributed by atoms with E-state index in [0.717, 1.165) is 0 Å². The maximum atomic E-state index is 13.1. The van der Waals surface area contributed by atoms with Gasteiger partial charge in [0.15, 0.2) is 0 Å². The molecule has 2 aliphatic carbocycles. The Balaban J connectivity index is 2.03. The number of amides is 1. The number of ketones is 2. The highest BCUT2D eigenvalue weighted by molar-refractivity contribution is 6.49. The van der Waals surface area contributed by atoms with Crippen LogP contribution in [0.2, 0.25) is 5.02 Å². The Morgan fingerprint density at radius 2 is 1.83 bits per heavy atom. The topological polar surface area (TPSA) is 72.5 Å². The van der Waals surface area contributed by atoms with Gasteiger partial charge >= 0.3 is 0 Å². The van der Waals surface area contributed by atoms with Crippen molar-refractivity contribution in [2.45, 2.75) is 33.6 Å². The summed E-state index contributed by atoms with van der Waals surface area (Å²) in [5, 5.41) is 3.20. The second-order valence-corrected chi connectivity index (χ2v) is 7.76. The molecular weight excluding hydrogens is 330 g/mol. The molecular formula is C18H20ClNO4. The van der Waals surface area contributed by atoms with Crippen molar-refractivity contribution in [3.05, 3.63) is 23.2 Å². The molecule has 0 aliphatic heterocycles. The van der Waals surface area contributed by atoms with Crippen LogP contribution in [0, 0.1) is 16.2 Å². The minimum atomic E-state index is -1.34. The Labute approximate surface area is 145 Å². The summed E-state index contributed by atoms with van der Waals surface area (Å²) < 4.78 is 5.24. The fourth-order valence-electron chi connectivity index (χ4n) is 4.28.